The van der Waals surface area contributed by atoms with Crippen LogP contribution in [0, 0.1) is 0 Å². The highest BCUT2D eigenvalue weighted by Gasteiger charge is 2.20. The van der Waals surface area contributed by atoms with Gasteiger partial charge in [-0.05, 0) is 131 Å². The van der Waals surface area contributed by atoms with Crippen LogP contribution in [0.4, 0.5) is 17.1 Å². The van der Waals surface area contributed by atoms with Crippen LogP contribution in [0.15, 0.2) is 249 Å². The zero-order valence-corrected chi connectivity index (χ0v) is 33.6. The lowest BCUT2D eigenvalue weighted by Gasteiger charge is -2.28. The zero-order valence-electron chi connectivity index (χ0n) is 33.6. The van der Waals surface area contributed by atoms with Crippen molar-refractivity contribution in [3.63, 3.8) is 0 Å². The quantitative estimate of drug-likeness (QED) is 0.139. The molecule has 11 aromatic rings. The molecule has 1 heteroatoms. The van der Waals surface area contributed by atoms with Gasteiger partial charge < -0.3 is 4.90 Å². The fraction of sp³-hybridized carbons (Fsp3) is 0. The van der Waals surface area contributed by atoms with Crippen LogP contribution in [0.3, 0.4) is 0 Å². The Balaban J connectivity index is 1.04. The first-order valence-electron chi connectivity index (χ1n) is 21.0. The van der Waals surface area contributed by atoms with E-state index in [1.807, 2.05) is 0 Å². The van der Waals surface area contributed by atoms with Gasteiger partial charge in [0.05, 0.1) is 5.69 Å². The standard InChI is InChI=1S/C60H41N/c1-5-17-42(18-6-1)46-31-36-51(57(39-46)44-19-7-2-8-20-44)48-33-38-60(58(41-48)45-21-9-3-10-22-45)61(49-23-11-4-12-24-49)50-34-29-43(30-35-50)47-32-37-56-54-27-14-13-25-52(54)53-26-15-16-28-55(53)59(56)40-47/h1-41H. The summed E-state index contributed by atoms with van der Waals surface area (Å²) in [6.45, 7) is 0. The van der Waals surface area contributed by atoms with Gasteiger partial charge in [0.1, 0.15) is 0 Å². The van der Waals surface area contributed by atoms with Crippen molar-refractivity contribution in [2.75, 3.05) is 4.90 Å². The van der Waals surface area contributed by atoms with E-state index in [1.54, 1.807) is 0 Å². The molecule has 0 spiro atoms. The van der Waals surface area contributed by atoms with Gasteiger partial charge in [-0.3, -0.25) is 0 Å². The maximum Gasteiger partial charge on any atom is 0.0540 e. The van der Waals surface area contributed by atoms with Gasteiger partial charge in [0, 0.05) is 16.9 Å². The largest absolute Gasteiger partial charge is 0.310 e. The van der Waals surface area contributed by atoms with E-state index in [-0.39, 0.29) is 0 Å². The monoisotopic (exact) mass is 775 g/mol. The lowest BCUT2D eigenvalue weighted by Crippen LogP contribution is -2.11. The average Bonchev–Trinajstić information content (AvgIpc) is 3.35. The maximum absolute atomic E-state index is 2.40. The summed E-state index contributed by atoms with van der Waals surface area (Å²) < 4.78 is 0. The Morgan fingerprint density at radius 1 is 0.197 bits per heavy atom. The first-order valence-corrected chi connectivity index (χ1v) is 21.0. The zero-order chi connectivity index (χ0) is 40.5. The van der Waals surface area contributed by atoms with Gasteiger partial charge in [-0.1, -0.05) is 200 Å². The van der Waals surface area contributed by atoms with Crippen LogP contribution in [-0.4, -0.2) is 0 Å². The van der Waals surface area contributed by atoms with Crippen LogP contribution in [0.25, 0.3) is 88.0 Å². The molecule has 0 aliphatic heterocycles. The SMILES string of the molecule is c1ccc(-c2ccc(-c3ccc(N(c4ccccc4)c4ccc(-c5ccc6c7ccccc7c7ccccc7c6c5)cc4)c(-c4ccccc4)c3)c(-c3ccccc3)c2)cc1. The van der Waals surface area contributed by atoms with Crippen LogP contribution < -0.4 is 4.90 Å². The third-order valence-corrected chi connectivity index (χ3v) is 12.1. The summed E-state index contributed by atoms with van der Waals surface area (Å²) in [6.07, 6.45) is 0. The van der Waals surface area contributed by atoms with E-state index in [0.717, 1.165) is 28.2 Å². The minimum atomic E-state index is 1.09. The van der Waals surface area contributed by atoms with E-state index in [2.05, 4.69) is 254 Å². The van der Waals surface area contributed by atoms with Crippen molar-refractivity contribution in [2.45, 2.75) is 0 Å². The lowest BCUT2D eigenvalue weighted by atomic mass is 9.89. The maximum atomic E-state index is 2.40. The molecule has 0 saturated carbocycles. The number of fused-ring (bicyclic) bond motifs is 6. The third-order valence-electron chi connectivity index (χ3n) is 12.1. The van der Waals surface area contributed by atoms with Crippen LogP contribution in [0.5, 0.6) is 0 Å². The molecule has 11 aromatic carbocycles. The predicted octanol–water partition coefficient (Wildman–Crippen LogP) is 17.0. The molecule has 0 aliphatic rings. The predicted molar refractivity (Wildman–Crippen MR) is 261 cm³/mol. The molecule has 0 atom stereocenters. The van der Waals surface area contributed by atoms with Gasteiger partial charge in [0.25, 0.3) is 0 Å². The summed E-state index contributed by atoms with van der Waals surface area (Å²) in [4.78, 5) is 2.40. The topological polar surface area (TPSA) is 3.24 Å². The van der Waals surface area contributed by atoms with Crippen molar-refractivity contribution in [1.29, 1.82) is 0 Å². The molecular weight excluding hydrogens is 735 g/mol. The molecule has 0 radical (unpaired) electrons. The Labute approximate surface area is 357 Å². The number of nitrogens with zero attached hydrogens (tertiary/aromatic N) is 1. The van der Waals surface area contributed by atoms with Gasteiger partial charge in [-0.2, -0.15) is 0 Å². The molecule has 0 saturated heterocycles. The molecule has 0 bridgehead atoms. The highest BCUT2D eigenvalue weighted by molar-refractivity contribution is 6.25. The summed E-state index contributed by atoms with van der Waals surface area (Å²) in [6, 6.07) is 90.4. The van der Waals surface area contributed by atoms with Crippen molar-refractivity contribution in [3.05, 3.63) is 249 Å². The molecule has 61 heavy (non-hydrogen) atoms. The van der Waals surface area contributed by atoms with E-state index in [4.69, 9.17) is 0 Å². The summed E-state index contributed by atoms with van der Waals surface area (Å²) in [5, 5.41) is 7.72. The van der Waals surface area contributed by atoms with E-state index in [0.29, 0.717) is 0 Å². The average molecular weight is 776 g/mol. The second kappa shape index (κ2) is 15.6. The molecule has 0 unspecified atom stereocenters. The van der Waals surface area contributed by atoms with E-state index in [1.165, 1.54) is 76.8 Å². The molecule has 0 heterocycles. The van der Waals surface area contributed by atoms with Crippen LogP contribution in [-0.2, 0) is 0 Å². The Bertz CT molecular complexity index is 3280. The van der Waals surface area contributed by atoms with Crippen LogP contribution in [0.2, 0.25) is 0 Å². The van der Waals surface area contributed by atoms with E-state index in [9.17, 15) is 0 Å². The molecule has 0 N–H and O–H groups in total. The first-order chi connectivity index (χ1) is 30.3. The summed E-state index contributed by atoms with van der Waals surface area (Å²) >= 11 is 0. The number of hydrogen-bond acceptors (Lipinski definition) is 1. The summed E-state index contributed by atoms with van der Waals surface area (Å²) in [7, 11) is 0. The Morgan fingerprint density at radius 3 is 1.20 bits per heavy atom. The number of benzene rings is 11. The van der Waals surface area contributed by atoms with Gasteiger partial charge in [0.15, 0.2) is 0 Å². The smallest absolute Gasteiger partial charge is 0.0540 e. The first kappa shape index (κ1) is 36.1. The molecular formula is C60H41N. The van der Waals surface area contributed by atoms with Crippen molar-refractivity contribution in [1.82, 2.24) is 0 Å². The lowest BCUT2D eigenvalue weighted by molar-refractivity contribution is 1.28. The molecule has 0 aromatic heterocycles. The molecule has 0 fully saturated rings. The van der Waals surface area contributed by atoms with Gasteiger partial charge in [0.2, 0.25) is 0 Å². The third kappa shape index (κ3) is 6.73. The molecule has 286 valence electrons. The number of rotatable bonds is 8. The molecule has 0 aliphatic carbocycles. The normalized spacial score (nSPS) is 11.3. The van der Waals surface area contributed by atoms with Crippen molar-refractivity contribution < 1.29 is 0 Å². The minimum absolute atomic E-state index is 1.09. The minimum Gasteiger partial charge on any atom is -0.310 e. The number of hydrogen-bond donors (Lipinski definition) is 0. The van der Waals surface area contributed by atoms with E-state index >= 15 is 0 Å². The van der Waals surface area contributed by atoms with Gasteiger partial charge in [-0.15, -0.1) is 0 Å². The van der Waals surface area contributed by atoms with Gasteiger partial charge >= 0.3 is 0 Å². The van der Waals surface area contributed by atoms with Crippen molar-refractivity contribution >= 4 is 49.4 Å². The van der Waals surface area contributed by atoms with Gasteiger partial charge in [-0.25, -0.2) is 0 Å². The fourth-order valence-corrected chi connectivity index (χ4v) is 9.10. The molecule has 1 nitrogen and oxygen atoms in total. The summed E-state index contributed by atoms with van der Waals surface area (Å²) in [5.41, 5.74) is 15.2. The highest BCUT2D eigenvalue weighted by Crippen LogP contribution is 2.45. The Kier molecular flexibility index (Phi) is 9.26. The summed E-state index contributed by atoms with van der Waals surface area (Å²) in [5.74, 6) is 0. The van der Waals surface area contributed by atoms with Crippen molar-refractivity contribution in [2.24, 2.45) is 0 Å². The second-order valence-electron chi connectivity index (χ2n) is 15.7. The second-order valence-corrected chi connectivity index (χ2v) is 15.7. The Morgan fingerprint density at radius 2 is 0.590 bits per heavy atom. The van der Waals surface area contributed by atoms with Crippen molar-refractivity contribution in [3.8, 4) is 55.6 Å². The number of anilines is 3. The fourth-order valence-electron chi connectivity index (χ4n) is 9.10. The highest BCUT2D eigenvalue weighted by atomic mass is 15.1. The van der Waals surface area contributed by atoms with E-state index < -0.39 is 0 Å². The molecule has 0 amide bonds. The molecule has 11 rings (SSSR count). The Hall–Kier alpha value is -8.00. The number of para-hydroxylation sites is 1. The van der Waals surface area contributed by atoms with Crippen LogP contribution >= 0.6 is 0 Å². The van der Waals surface area contributed by atoms with Crippen LogP contribution in [0.1, 0.15) is 0 Å².